The van der Waals surface area contributed by atoms with Crippen LogP contribution in [0.25, 0.3) is 0 Å². The summed E-state index contributed by atoms with van der Waals surface area (Å²) < 4.78 is 14.0. The van der Waals surface area contributed by atoms with Gasteiger partial charge in [0.2, 0.25) is 0 Å². The number of amides is 1. The molecule has 0 aliphatic rings. The SMILES string of the molecule is CC[C@@](C)(CCO)NC(=O)c1ccc(N(C)C)cc1F. The van der Waals surface area contributed by atoms with E-state index in [0.29, 0.717) is 18.5 Å². The van der Waals surface area contributed by atoms with E-state index in [9.17, 15) is 9.18 Å². The molecule has 20 heavy (non-hydrogen) atoms. The molecule has 0 fully saturated rings. The molecule has 4 nitrogen and oxygen atoms in total. The Morgan fingerprint density at radius 2 is 2.10 bits per heavy atom. The maximum Gasteiger partial charge on any atom is 0.254 e. The molecule has 112 valence electrons. The van der Waals surface area contributed by atoms with Crippen LogP contribution < -0.4 is 10.2 Å². The first-order valence-corrected chi connectivity index (χ1v) is 6.73. The lowest BCUT2D eigenvalue weighted by molar-refractivity contribution is 0.0882. The number of aliphatic hydroxyl groups excluding tert-OH is 1. The Kier molecular flexibility index (Phi) is 5.51. The van der Waals surface area contributed by atoms with Gasteiger partial charge in [-0.25, -0.2) is 4.39 Å². The second-order valence-electron chi connectivity index (χ2n) is 5.40. The van der Waals surface area contributed by atoms with E-state index in [-0.39, 0.29) is 12.2 Å². The summed E-state index contributed by atoms with van der Waals surface area (Å²) in [4.78, 5) is 13.9. The van der Waals surface area contributed by atoms with Gasteiger partial charge < -0.3 is 15.3 Å². The van der Waals surface area contributed by atoms with Crippen molar-refractivity contribution in [2.24, 2.45) is 0 Å². The van der Waals surface area contributed by atoms with E-state index in [1.807, 2.05) is 27.9 Å². The van der Waals surface area contributed by atoms with Crippen LogP contribution in [0.3, 0.4) is 0 Å². The molecule has 1 aromatic rings. The maximum atomic E-state index is 14.0. The summed E-state index contributed by atoms with van der Waals surface area (Å²) in [6, 6.07) is 4.52. The highest BCUT2D eigenvalue weighted by molar-refractivity contribution is 5.95. The third-order valence-corrected chi connectivity index (χ3v) is 3.57. The molecular weight excluding hydrogens is 259 g/mol. The Morgan fingerprint density at radius 3 is 2.55 bits per heavy atom. The zero-order valence-corrected chi connectivity index (χ0v) is 12.5. The highest BCUT2D eigenvalue weighted by Crippen LogP contribution is 2.19. The molecule has 0 aromatic heterocycles. The van der Waals surface area contributed by atoms with Crippen molar-refractivity contribution in [1.82, 2.24) is 5.32 Å². The number of benzene rings is 1. The first-order valence-electron chi connectivity index (χ1n) is 6.73. The monoisotopic (exact) mass is 282 g/mol. The molecule has 0 unspecified atom stereocenters. The van der Waals surface area contributed by atoms with Crippen molar-refractivity contribution >= 4 is 11.6 Å². The lowest BCUT2D eigenvalue weighted by Crippen LogP contribution is -2.46. The summed E-state index contributed by atoms with van der Waals surface area (Å²) in [6.07, 6.45) is 1.10. The van der Waals surface area contributed by atoms with Crippen LogP contribution in [0.5, 0.6) is 0 Å². The van der Waals surface area contributed by atoms with Gasteiger partial charge in [-0.2, -0.15) is 0 Å². The van der Waals surface area contributed by atoms with Crippen molar-refractivity contribution in [2.75, 3.05) is 25.6 Å². The summed E-state index contributed by atoms with van der Waals surface area (Å²) >= 11 is 0. The number of carbonyl (C=O) groups excluding carboxylic acids is 1. The third-order valence-electron chi connectivity index (χ3n) is 3.57. The number of anilines is 1. The Labute approximate surface area is 119 Å². The zero-order valence-electron chi connectivity index (χ0n) is 12.5. The second-order valence-corrected chi connectivity index (χ2v) is 5.40. The smallest absolute Gasteiger partial charge is 0.254 e. The van der Waals surface area contributed by atoms with Gasteiger partial charge in [0.05, 0.1) is 5.56 Å². The van der Waals surface area contributed by atoms with E-state index in [1.165, 1.54) is 12.1 Å². The first kappa shape index (κ1) is 16.4. The molecule has 0 heterocycles. The molecule has 1 aromatic carbocycles. The Balaban J connectivity index is 2.92. The van der Waals surface area contributed by atoms with E-state index in [1.54, 1.807) is 11.0 Å². The van der Waals surface area contributed by atoms with Crippen LogP contribution in [0.2, 0.25) is 0 Å². The summed E-state index contributed by atoms with van der Waals surface area (Å²) in [7, 11) is 3.62. The van der Waals surface area contributed by atoms with Gasteiger partial charge in [0.1, 0.15) is 5.82 Å². The zero-order chi connectivity index (χ0) is 15.3. The molecule has 0 saturated heterocycles. The van der Waals surface area contributed by atoms with Crippen LogP contribution >= 0.6 is 0 Å². The summed E-state index contributed by atoms with van der Waals surface area (Å²) in [5, 5.41) is 11.8. The van der Waals surface area contributed by atoms with Gasteiger partial charge in [-0.1, -0.05) is 6.92 Å². The number of carbonyl (C=O) groups is 1. The minimum atomic E-state index is -0.545. The van der Waals surface area contributed by atoms with Crippen molar-refractivity contribution in [2.45, 2.75) is 32.2 Å². The number of hydrogen-bond donors (Lipinski definition) is 2. The molecule has 1 atom stereocenters. The lowest BCUT2D eigenvalue weighted by atomic mass is 9.94. The van der Waals surface area contributed by atoms with E-state index < -0.39 is 17.3 Å². The average molecular weight is 282 g/mol. The maximum absolute atomic E-state index is 14.0. The van der Waals surface area contributed by atoms with Gasteiger partial charge in [0.15, 0.2) is 0 Å². The molecule has 2 N–H and O–H groups in total. The predicted molar refractivity (Wildman–Crippen MR) is 78.6 cm³/mol. The summed E-state index contributed by atoms with van der Waals surface area (Å²) in [5.74, 6) is -0.998. The number of halogens is 1. The molecule has 0 aliphatic heterocycles. The molecule has 1 amide bonds. The third kappa shape index (κ3) is 3.93. The number of aliphatic hydroxyl groups is 1. The molecule has 0 bridgehead atoms. The van der Waals surface area contributed by atoms with Crippen molar-refractivity contribution in [3.8, 4) is 0 Å². The molecule has 0 aliphatic carbocycles. The van der Waals surface area contributed by atoms with E-state index in [0.717, 1.165) is 0 Å². The average Bonchev–Trinajstić information content (AvgIpc) is 2.38. The molecule has 5 heteroatoms. The van der Waals surface area contributed by atoms with Crippen LogP contribution in [0, 0.1) is 5.82 Å². The van der Waals surface area contributed by atoms with Gasteiger partial charge in [-0.15, -0.1) is 0 Å². The first-order chi connectivity index (χ1) is 9.33. The van der Waals surface area contributed by atoms with Gasteiger partial charge in [-0.3, -0.25) is 4.79 Å². The lowest BCUT2D eigenvalue weighted by Gasteiger charge is -2.29. The van der Waals surface area contributed by atoms with Crippen LogP contribution in [0.15, 0.2) is 18.2 Å². The number of nitrogens with zero attached hydrogens (tertiary/aromatic N) is 1. The minimum absolute atomic E-state index is 0.0212. The molecule has 0 spiro atoms. The standard InChI is InChI=1S/C15H23FN2O2/c1-5-15(2,8-9-19)17-14(20)12-7-6-11(18(3)4)10-13(12)16/h6-7,10,19H,5,8-9H2,1-4H3,(H,17,20)/t15-/m0/s1. The van der Waals surface area contributed by atoms with Crippen LogP contribution in [-0.4, -0.2) is 37.3 Å². The van der Waals surface area contributed by atoms with Crippen molar-refractivity contribution in [1.29, 1.82) is 0 Å². The number of rotatable bonds is 6. The van der Waals surface area contributed by atoms with Crippen LogP contribution in [0.4, 0.5) is 10.1 Å². The highest BCUT2D eigenvalue weighted by atomic mass is 19.1. The van der Waals surface area contributed by atoms with Gasteiger partial charge in [-0.05, 0) is 38.0 Å². The minimum Gasteiger partial charge on any atom is -0.396 e. The summed E-state index contributed by atoms with van der Waals surface area (Å²) in [6.45, 7) is 3.74. The molecular formula is C15H23FN2O2. The quantitative estimate of drug-likeness (QED) is 0.841. The Morgan fingerprint density at radius 1 is 1.45 bits per heavy atom. The molecule has 0 radical (unpaired) electrons. The predicted octanol–water partition coefficient (Wildman–Crippen LogP) is 2.17. The van der Waals surface area contributed by atoms with Gasteiger partial charge >= 0.3 is 0 Å². The fraction of sp³-hybridized carbons (Fsp3) is 0.533. The van der Waals surface area contributed by atoms with Crippen molar-refractivity contribution < 1.29 is 14.3 Å². The Hall–Kier alpha value is -1.62. The largest absolute Gasteiger partial charge is 0.396 e. The van der Waals surface area contributed by atoms with Crippen molar-refractivity contribution in [3.63, 3.8) is 0 Å². The topological polar surface area (TPSA) is 52.6 Å². The Bertz CT molecular complexity index is 477. The van der Waals surface area contributed by atoms with Crippen molar-refractivity contribution in [3.05, 3.63) is 29.6 Å². The molecule has 0 saturated carbocycles. The van der Waals surface area contributed by atoms with Gasteiger partial charge in [0, 0.05) is 31.9 Å². The fourth-order valence-electron chi connectivity index (χ4n) is 1.88. The normalized spacial score (nSPS) is 13.7. The van der Waals surface area contributed by atoms with E-state index in [2.05, 4.69) is 5.32 Å². The van der Waals surface area contributed by atoms with E-state index in [4.69, 9.17) is 5.11 Å². The highest BCUT2D eigenvalue weighted by Gasteiger charge is 2.25. The summed E-state index contributed by atoms with van der Waals surface area (Å²) in [5.41, 5.74) is 0.194. The number of nitrogens with one attached hydrogen (secondary N) is 1. The molecule has 1 rings (SSSR count). The van der Waals surface area contributed by atoms with Crippen LogP contribution in [0.1, 0.15) is 37.0 Å². The fourth-order valence-corrected chi connectivity index (χ4v) is 1.88. The van der Waals surface area contributed by atoms with E-state index >= 15 is 0 Å². The second kappa shape index (κ2) is 6.70. The van der Waals surface area contributed by atoms with Gasteiger partial charge in [0.25, 0.3) is 5.91 Å². The number of hydrogen-bond acceptors (Lipinski definition) is 3. The van der Waals surface area contributed by atoms with Crippen LogP contribution in [-0.2, 0) is 0 Å².